The molecule has 9 heteroatoms. The van der Waals surface area contributed by atoms with Gasteiger partial charge in [0.05, 0.1) is 29.7 Å². The number of carbonyl (C=O) groups is 1. The monoisotopic (exact) mass is 452 g/mol. The zero-order chi connectivity index (χ0) is 22.8. The number of aromatic nitrogens is 2. The van der Waals surface area contributed by atoms with E-state index in [4.69, 9.17) is 14.2 Å². The molecule has 0 aliphatic carbocycles. The highest BCUT2D eigenvalue weighted by Gasteiger charge is 2.29. The Balaban J connectivity index is 1.58. The summed E-state index contributed by atoms with van der Waals surface area (Å²) in [6.07, 6.45) is 4.32. The number of hydrogen-bond acceptors (Lipinski definition) is 6. The highest BCUT2D eigenvalue weighted by atomic mass is 19.1. The molecule has 1 saturated heterocycles. The number of aromatic amines is 1. The molecule has 5 rings (SSSR count). The first-order valence-corrected chi connectivity index (χ1v) is 11.0. The summed E-state index contributed by atoms with van der Waals surface area (Å²) < 4.78 is 31.2. The summed E-state index contributed by atoms with van der Waals surface area (Å²) in [7, 11) is 0. The van der Waals surface area contributed by atoms with Gasteiger partial charge in [-0.3, -0.25) is 9.78 Å². The normalized spacial score (nSPS) is 17.5. The predicted molar refractivity (Wildman–Crippen MR) is 120 cm³/mol. The molecule has 1 amide bonds. The van der Waals surface area contributed by atoms with Crippen molar-refractivity contribution < 1.29 is 23.4 Å². The van der Waals surface area contributed by atoms with Crippen molar-refractivity contribution in [2.24, 2.45) is 0 Å². The molecular formula is C24H25FN4O4. The number of nitrogens with zero attached hydrogens (tertiary/aromatic N) is 1. The summed E-state index contributed by atoms with van der Waals surface area (Å²) in [5, 5.41) is 6.24. The molecule has 0 radical (unpaired) electrons. The number of ether oxygens (including phenoxy) is 3. The van der Waals surface area contributed by atoms with Gasteiger partial charge in [0.25, 0.3) is 5.91 Å². The van der Waals surface area contributed by atoms with Gasteiger partial charge in [0, 0.05) is 41.7 Å². The molecule has 1 unspecified atom stereocenters. The van der Waals surface area contributed by atoms with Gasteiger partial charge in [0.1, 0.15) is 31.1 Å². The van der Waals surface area contributed by atoms with Crippen molar-refractivity contribution in [3.8, 4) is 17.0 Å². The molecule has 33 heavy (non-hydrogen) atoms. The van der Waals surface area contributed by atoms with Gasteiger partial charge in [-0.05, 0) is 24.6 Å². The Bertz CT molecular complexity index is 1170. The number of amides is 1. The van der Waals surface area contributed by atoms with E-state index < -0.39 is 0 Å². The second-order valence-electron chi connectivity index (χ2n) is 7.94. The number of pyridine rings is 1. The van der Waals surface area contributed by atoms with Crippen LogP contribution < -0.4 is 15.4 Å². The van der Waals surface area contributed by atoms with Crippen LogP contribution in [-0.2, 0) is 22.3 Å². The molecule has 3 N–H and O–H groups in total. The SMILES string of the molecule is CCc1c(F)cccc1Nc1c(-c2ccncc2OCC2COCO2)[nH]c2c1C(=O)NCC2. The second-order valence-corrected chi connectivity index (χ2v) is 7.94. The topological polar surface area (TPSA) is 97.5 Å². The molecule has 2 aromatic heterocycles. The Labute approximate surface area is 190 Å². The highest BCUT2D eigenvalue weighted by Crippen LogP contribution is 2.41. The first kappa shape index (κ1) is 21.4. The molecule has 4 heterocycles. The quantitative estimate of drug-likeness (QED) is 0.507. The Morgan fingerprint density at radius 3 is 3.06 bits per heavy atom. The fourth-order valence-electron chi connectivity index (χ4n) is 4.23. The summed E-state index contributed by atoms with van der Waals surface area (Å²) in [4.78, 5) is 20.4. The smallest absolute Gasteiger partial charge is 0.255 e. The van der Waals surface area contributed by atoms with Crippen LogP contribution in [0, 0.1) is 5.82 Å². The molecule has 3 aromatic rings. The molecule has 8 nitrogen and oxygen atoms in total. The van der Waals surface area contributed by atoms with Gasteiger partial charge in [-0.25, -0.2) is 4.39 Å². The van der Waals surface area contributed by atoms with E-state index >= 15 is 0 Å². The van der Waals surface area contributed by atoms with E-state index in [0.717, 1.165) is 11.3 Å². The first-order valence-electron chi connectivity index (χ1n) is 11.0. The van der Waals surface area contributed by atoms with Crippen LogP contribution in [0.15, 0.2) is 36.7 Å². The summed E-state index contributed by atoms with van der Waals surface area (Å²) in [5.74, 6) is 0.0818. The number of carbonyl (C=O) groups excluding carboxylic acids is 1. The number of rotatable bonds is 7. The minimum atomic E-state index is -0.287. The van der Waals surface area contributed by atoms with Gasteiger partial charge in [0.15, 0.2) is 0 Å². The number of nitrogens with one attached hydrogen (secondary N) is 3. The zero-order valence-electron chi connectivity index (χ0n) is 18.2. The molecule has 0 bridgehead atoms. The lowest BCUT2D eigenvalue weighted by Crippen LogP contribution is -2.31. The van der Waals surface area contributed by atoms with Gasteiger partial charge >= 0.3 is 0 Å². The third-order valence-corrected chi connectivity index (χ3v) is 5.87. The molecule has 0 spiro atoms. The maximum atomic E-state index is 14.5. The fraction of sp³-hybridized carbons (Fsp3) is 0.333. The van der Waals surface area contributed by atoms with Gasteiger partial charge in [-0.2, -0.15) is 0 Å². The molecule has 2 aliphatic rings. The summed E-state index contributed by atoms with van der Waals surface area (Å²) in [6, 6.07) is 6.73. The maximum absolute atomic E-state index is 14.5. The van der Waals surface area contributed by atoms with Gasteiger partial charge in [0.2, 0.25) is 0 Å². The van der Waals surface area contributed by atoms with Crippen LogP contribution in [0.1, 0.15) is 28.5 Å². The molecule has 1 atom stereocenters. The lowest BCUT2D eigenvalue weighted by molar-refractivity contribution is 0.0321. The second kappa shape index (κ2) is 9.21. The van der Waals surface area contributed by atoms with Crippen LogP contribution in [0.25, 0.3) is 11.3 Å². The van der Waals surface area contributed by atoms with Crippen LogP contribution in [0.2, 0.25) is 0 Å². The number of anilines is 2. The van der Waals surface area contributed by atoms with Crippen LogP contribution in [0.3, 0.4) is 0 Å². The minimum Gasteiger partial charge on any atom is -0.488 e. The average molecular weight is 452 g/mol. The predicted octanol–water partition coefficient (Wildman–Crippen LogP) is 3.56. The Morgan fingerprint density at radius 1 is 1.33 bits per heavy atom. The molecular weight excluding hydrogens is 427 g/mol. The lowest BCUT2D eigenvalue weighted by atomic mass is 10.0. The highest BCUT2D eigenvalue weighted by molar-refractivity contribution is 6.06. The van der Waals surface area contributed by atoms with Gasteiger partial charge in [-0.15, -0.1) is 0 Å². The Morgan fingerprint density at radius 2 is 2.24 bits per heavy atom. The van der Waals surface area contributed by atoms with Crippen molar-refractivity contribution in [3.05, 3.63) is 59.3 Å². The van der Waals surface area contributed by atoms with E-state index in [1.54, 1.807) is 18.5 Å². The number of hydrogen-bond donors (Lipinski definition) is 3. The summed E-state index contributed by atoms with van der Waals surface area (Å²) in [5.41, 5.74) is 4.52. The van der Waals surface area contributed by atoms with Gasteiger partial charge < -0.3 is 29.8 Å². The molecule has 1 aromatic carbocycles. The van der Waals surface area contributed by atoms with E-state index in [1.807, 2.05) is 19.1 Å². The number of halogens is 1. The Hall–Kier alpha value is -3.43. The van der Waals surface area contributed by atoms with E-state index in [2.05, 4.69) is 20.6 Å². The van der Waals surface area contributed by atoms with Crippen LogP contribution in [0.5, 0.6) is 5.75 Å². The van der Waals surface area contributed by atoms with Crippen LogP contribution in [-0.4, -0.2) is 48.5 Å². The Kier molecular flexibility index (Phi) is 5.97. The van der Waals surface area contributed by atoms with Crippen molar-refractivity contribution in [1.82, 2.24) is 15.3 Å². The van der Waals surface area contributed by atoms with Crippen molar-refractivity contribution in [3.63, 3.8) is 0 Å². The number of fused-ring (bicyclic) bond motifs is 1. The van der Waals surface area contributed by atoms with Crippen molar-refractivity contribution in [1.29, 1.82) is 0 Å². The standard InChI is InChI=1S/C24H25FN4O4/c1-2-15-17(25)4-3-5-18(15)28-23-21-19(7-9-27-24(21)30)29-22(23)16-6-8-26-10-20(16)32-12-14-11-31-13-33-14/h3-6,8,10,14,28-29H,2,7,9,11-13H2,1H3,(H,27,30). The fourth-order valence-corrected chi connectivity index (χ4v) is 4.23. The summed E-state index contributed by atoms with van der Waals surface area (Å²) >= 11 is 0. The third-order valence-electron chi connectivity index (χ3n) is 5.87. The van der Waals surface area contributed by atoms with Crippen LogP contribution >= 0.6 is 0 Å². The molecule has 1 fully saturated rings. The summed E-state index contributed by atoms with van der Waals surface area (Å²) in [6.45, 7) is 3.48. The average Bonchev–Trinajstić information content (AvgIpc) is 3.47. The lowest BCUT2D eigenvalue weighted by Gasteiger charge is -2.17. The zero-order valence-corrected chi connectivity index (χ0v) is 18.2. The van der Waals surface area contributed by atoms with Crippen molar-refractivity contribution >= 4 is 17.3 Å². The third kappa shape index (κ3) is 4.17. The van der Waals surface area contributed by atoms with E-state index in [0.29, 0.717) is 66.5 Å². The van der Waals surface area contributed by atoms with Crippen LogP contribution in [0.4, 0.5) is 15.8 Å². The number of benzene rings is 1. The first-order chi connectivity index (χ1) is 16.2. The van der Waals surface area contributed by atoms with Crippen molar-refractivity contribution in [2.45, 2.75) is 25.9 Å². The molecule has 0 saturated carbocycles. The van der Waals surface area contributed by atoms with Gasteiger partial charge in [-0.1, -0.05) is 13.0 Å². The van der Waals surface area contributed by atoms with E-state index in [-0.39, 0.29) is 24.6 Å². The van der Waals surface area contributed by atoms with Crippen molar-refractivity contribution in [2.75, 3.05) is 31.9 Å². The minimum absolute atomic E-state index is 0.155. The van der Waals surface area contributed by atoms with E-state index in [9.17, 15) is 9.18 Å². The maximum Gasteiger partial charge on any atom is 0.255 e. The largest absolute Gasteiger partial charge is 0.488 e. The van der Waals surface area contributed by atoms with E-state index in [1.165, 1.54) is 6.07 Å². The number of H-pyrrole nitrogens is 1. The molecule has 2 aliphatic heterocycles. The molecule has 172 valence electrons.